The van der Waals surface area contributed by atoms with Gasteiger partial charge in [0.1, 0.15) is 0 Å². The van der Waals surface area contributed by atoms with Gasteiger partial charge >= 0.3 is 5.97 Å². The van der Waals surface area contributed by atoms with E-state index >= 15 is 0 Å². The van der Waals surface area contributed by atoms with E-state index in [1.165, 1.54) is 0 Å². The van der Waals surface area contributed by atoms with Crippen LogP contribution < -0.4 is 0 Å². The van der Waals surface area contributed by atoms with Gasteiger partial charge in [-0.3, -0.25) is 0 Å². The lowest BCUT2D eigenvalue weighted by Gasteiger charge is -2.08. The van der Waals surface area contributed by atoms with E-state index in [9.17, 15) is 4.79 Å². The molecule has 0 unspecified atom stereocenters. The van der Waals surface area contributed by atoms with Gasteiger partial charge in [0.2, 0.25) is 0 Å². The lowest BCUT2D eigenvalue weighted by Crippen LogP contribution is -2.07. The largest absolute Gasteiger partial charge is 0.462 e. The van der Waals surface area contributed by atoms with Crippen LogP contribution in [-0.4, -0.2) is 12.6 Å². The van der Waals surface area contributed by atoms with Crippen LogP contribution in [0.4, 0.5) is 0 Å². The molecule has 0 N–H and O–H groups in total. The number of carbonyl (C=O) groups is 1. The first kappa shape index (κ1) is 13.3. The zero-order chi connectivity index (χ0) is 13.7. The molecule has 0 saturated carbocycles. The Bertz CT molecular complexity index is 599. The Labute approximate surface area is 113 Å². The summed E-state index contributed by atoms with van der Waals surface area (Å²) in [5, 5.41) is 2.25. The SMILES string of the molecule is C=C(C(=O)OCCCC)c1ccc2ccccc2c1. The highest BCUT2D eigenvalue weighted by molar-refractivity contribution is 6.16. The zero-order valence-corrected chi connectivity index (χ0v) is 11.2. The lowest BCUT2D eigenvalue weighted by atomic mass is 10.0. The molecule has 2 aromatic rings. The summed E-state index contributed by atoms with van der Waals surface area (Å²) in [5.41, 5.74) is 1.24. The van der Waals surface area contributed by atoms with E-state index in [2.05, 4.69) is 13.5 Å². The summed E-state index contributed by atoms with van der Waals surface area (Å²) in [6.07, 6.45) is 1.90. The molecule has 2 nitrogen and oxygen atoms in total. The third kappa shape index (κ3) is 3.22. The Hall–Kier alpha value is -2.09. The number of fused-ring (bicyclic) bond motifs is 1. The van der Waals surface area contributed by atoms with Gasteiger partial charge < -0.3 is 4.74 Å². The van der Waals surface area contributed by atoms with Crippen molar-refractivity contribution in [2.45, 2.75) is 19.8 Å². The van der Waals surface area contributed by atoms with Crippen LogP contribution in [0.15, 0.2) is 49.0 Å². The van der Waals surface area contributed by atoms with Crippen molar-refractivity contribution in [2.75, 3.05) is 6.61 Å². The number of carbonyl (C=O) groups excluding carboxylic acids is 1. The molecule has 0 atom stereocenters. The second-order valence-corrected chi connectivity index (χ2v) is 4.53. The minimum absolute atomic E-state index is 0.330. The molecule has 0 amide bonds. The first-order valence-corrected chi connectivity index (χ1v) is 6.57. The number of esters is 1. The molecular formula is C17H18O2. The Morgan fingerprint density at radius 2 is 1.89 bits per heavy atom. The maximum atomic E-state index is 11.8. The fraction of sp³-hybridized carbons (Fsp3) is 0.235. The van der Waals surface area contributed by atoms with Gasteiger partial charge in [-0.25, -0.2) is 4.79 Å². The molecule has 19 heavy (non-hydrogen) atoms. The number of unbranched alkanes of at least 4 members (excludes halogenated alkanes) is 1. The molecule has 0 aromatic heterocycles. The summed E-state index contributed by atoms with van der Waals surface area (Å²) >= 11 is 0. The third-order valence-electron chi connectivity index (χ3n) is 3.08. The first-order chi connectivity index (χ1) is 9.22. The smallest absolute Gasteiger partial charge is 0.338 e. The van der Waals surface area contributed by atoms with E-state index in [1.54, 1.807) is 0 Å². The van der Waals surface area contributed by atoms with Crippen LogP contribution in [0.1, 0.15) is 25.3 Å². The zero-order valence-electron chi connectivity index (χ0n) is 11.2. The summed E-state index contributed by atoms with van der Waals surface area (Å²) in [5.74, 6) is -0.330. The minimum Gasteiger partial charge on any atom is -0.462 e. The van der Waals surface area contributed by atoms with Crippen LogP contribution in [0.25, 0.3) is 16.3 Å². The Morgan fingerprint density at radius 3 is 2.63 bits per heavy atom. The van der Waals surface area contributed by atoms with Crippen LogP contribution >= 0.6 is 0 Å². The normalized spacial score (nSPS) is 10.4. The van der Waals surface area contributed by atoms with Crippen LogP contribution in [-0.2, 0) is 9.53 Å². The Kier molecular flexibility index (Phi) is 4.35. The number of hydrogen-bond donors (Lipinski definition) is 0. The Balaban J connectivity index is 2.14. The molecule has 0 spiro atoms. The van der Waals surface area contributed by atoms with E-state index in [1.807, 2.05) is 42.5 Å². The van der Waals surface area contributed by atoms with Gasteiger partial charge in [-0.05, 0) is 28.8 Å². The number of hydrogen-bond acceptors (Lipinski definition) is 2. The molecule has 0 radical (unpaired) electrons. The molecule has 0 bridgehead atoms. The highest BCUT2D eigenvalue weighted by Gasteiger charge is 2.11. The molecular weight excluding hydrogens is 236 g/mol. The molecule has 0 heterocycles. The maximum absolute atomic E-state index is 11.8. The molecule has 0 aliphatic heterocycles. The van der Waals surface area contributed by atoms with Gasteiger partial charge in [0.25, 0.3) is 0 Å². The number of ether oxygens (including phenoxy) is 1. The first-order valence-electron chi connectivity index (χ1n) is 6.57. The third-order valence-corrected chi connectivity index (χ3v) is 3.08. The second-order valence-electron chi connectivity index (χ2n) is 4.53. The van der Waals surface area contributed by atoms with Gasteiger partial charge in [0.15, 0.2) is 0 Å². The van der Waals surface area contributed by atoms with Crippen LogP contribution in [0.3, 0.4) is 0 Å². The Morgan fingerprint density at radius 1 is 1.16 bits per heavy atom. The fourth-order valence-corrected chi connectivity index (χ4v) is 1.89. The number of benzene rings is 2. The number of rotatable bonds is 5. The van der Waals surface area contributed by atoms with Gasteiger partial charge in [0, 0.05) is 0 Å². The van der Waals surface area contributed by atoms with Crippen molar-refractivity contribution in [2.24, 2.45) is 0 Å². The molecule has 98 valence electrons. The van der Waals surface area contributed by atoms with Crippen LogP contribution in [0.2, 0.25) is 0 Å². The maximum Gasteiger partial charge on any atom is 0.338 e. The summed E-state index contributed by atoms with van der Waals surface area (Å²) in [7, 11) is 0. The van der Waals surface area contributed by atoms with E-state index in [0.717, 1.165) is 29.2 Å². The summed E-state index contributed by atoms with van der Waals surface area (Å²) in [4.78, 5) is 11.8. The van der Waals surface area contributed by atoms with Crippen molar-refractivity contribution in [3.8, 4) is 0 Å². The standard InChI is InChI=1S/C17H18O2/c1-3-4-11-19-17(18)13(2)15-10-9-14-7-5-6-8-16(14)12-15/h5-10,12H,2-4,11H2,1H3. The second kappa shape index (κ2) is 6.19. The van der Waals surface area contributed by atoms with E-state index in [-0.39, 0.29) is 5.97 Å². The van der Waals surface area contributed by atoms with Crippen molar-refractivity contribution in [3.63, 3.8) is 0 Å². The minimum atomic E-state index is -0.330. The highest BCUT2D eigenvalue weighted by Crippen LogP contribution is 2.21. The van der Waals surface area contributed by atoms with Crippen molar-refractivity contribution in [1.29, 1.82) is 0 Å². The molecule has 0 aliphatic carbocycles. The van der Waals surface area contributed by atoms with Crippen LogP contribution in [0.5, 0.6) is 0 Å². The van der Waals surface area contributed by atoms with Crippen molar-refractivity contribution < 1.29 is 9.53 Å². The molecule has 0 aliphatic rings. The molecule has 0 saturated heterocycles. The summed E-state index contributed by atoms with van der Waals surface area (Å²) in [6.45, 7) is 6.36. The van der Waals surface area contributed by atoms with Crippen molar-refractivity contribution in [1.82, 2.24) is 0 Å². The topological polar surface area (TPSA) is 26.3 Å². The van der Waals surface area contributed by atoms with Gasteiger partial charge in [0.05, 0.1) is 12.2 Å². The highest BCUT2D eigenvalue weighted by atomic mass is 16.5. The van der Waals surface area contributed by atoms with Crippen LogP contribution in [0, 0.1) is 0 Å². The van der Waals surface area contributed by atoms with Gasteiger partial charge in [-0.1, -0.05) is 56.3 Å². The average molecular weight is 254 g/mol. The average Bonchev–Trinajstić information content (AvgIpc) is 2.46. The van der Waals surface area contributed by atoms with Gasteiger partial charge in [-0.15, -0.1) is 0 Å². The predicted octanol–water partition coefficient (Wildman–Crippen LogP) is 4.20. The fourth-order valence-electron chi connectivity index (χ4n) is 1.89. The van der Waals surface area contributed by atoms with E-state index < -0.39 is 0 Å². The van der Waals surface area contributed by atoms with Gasteiger partial charge in [-0.2, -0.15) is 0 Å². The summed E-state index contributed by atoms with van der Waals surface area (Å²) in [6, 6.07) is 13.9. The lowest BCUT2D eigenvalue weighted by molar-refractivity contribution is -0.136. The van der Waals surface area contributed by atoms with Crippen molar-refractivity contribution >= 4 is 22.3 Å². The molecule has 2 rings (SSSR count). The molecule has 2 aromatic carbocycles. The molecule has 0 fully saturated rings. The van der Waals surface area contributed by atoms with Crippen molar-refractivity contribution in [3.05, 3.63) is 54.6 Å². The predicted molar refractivity (Wildman–Crippen MR) is 78.8 cm³/mol. The van der Waals surface area contributed by atoms with E-state index in [4.69, 9.17) is 4.74 Å². The monoisotopic (exact) mass is 254 g/mol. The summed E-state index contributed by atoms with van der Waals surface area (Å²) < 4.78 is 5.17. The molecule has 2 heteroatoms. The van der Waals surface area contributed by atoms with E-state index in [0.29, 0.717) is 12.2 Å². The quantitative estimate of drug-likeness (QED) is 0.454.